The minimum absolute atomic E-state index is 0.0388. The van der Waals surface area contributed by atoms with E-state index in [1.165, 1.54) is 0 Å². The second-order valence-corrected chi connectivity index (χ2v) is 4.62. The van der Waals surface area contributed by atoms with Crippen molar-refractivity contribution in [3.05, 3.63) is 12.2 Å². The van der Waals surface area contributed by atoms with E-state index in [1.54, 1.807) is 20.8 Å². The number of hydrogen-bond donors (Lipinski definition) is 0. The first-order valence-corrected chi connectivity index (χ1v) is 5.43. The van der Waals surface area contributed by atoms with Gasteiger partial charge >= 0.3 is 11.9 Å². The van der Waals surface area contributed by atoms with E-state index in [1.807, 2.05) is 0 Å². The minimum atomic E-state index is -0.482. The van der Waals surface area contributed by atoms with E-state index in [2.05, 4.69) is 22.5 Å². The minimum Gasteiger partial charge on any atom is -0.458 e. The lowest BCUT2D eigenvalue weighted by molar-refractivity contribution is -0.155. The molecule has 0 radical (unpaired) electrons. The van der Waals surface area contributed by atoms with E-state index in [0.717, 1.165) is 0 Å². The van der Waals surface area contributed by atoms with Gasteiger partial charge in [0.05, 0.1) is 0 Å². The molecular formula is C10H15BrO4. The molecule has 0 aromatic heterocycles. The SMILES string of the molecule is C=C(C)C(=O)OCC(C)OC(=O)C(C)Br. The van der Waals surface area contributed by atoms with E-state index in [0.29, 0.717) is 5.57 Å². The van der Waals surface area contributed by atoms with Gasteiger partial charge in [-0.15, -0.1) is 0 Å². The number of carbonyl (C=O) groups is 2. The number of carbonyl (C=O) groups excluding carboxylic acids is 2. The Morgan fingerprint density at radius 1 is 1.40 bits per heavy atom. The molecule has 5 heteroatoms. The molecule has 0 aromatic rings. The highest BCUT2D eigenvalue weighted by Gasteiger charge is 2.15. The van der Waals surface area contributed by atoms with E-state index in [4.69, 9.17) is 9.47 Å². The van der Waals surface area contributed by atoms with Crippen molar-refractivity contribution in [3.8, 4) is 0 Å². The molecule has 0 heterocycles. The van der Waals surface area contributed by atoms with Crippen molar-refractivity contribution < 1.29 is 19.1 Å². The van der Waals surface area contributed by atoms with Crippen LogP contribution in [0.4, 0.5) is 0 Å². The van der Waals surface area contributed by atoms with Gasteiger partial charge in [-0.1, -0.05) is 22.5 Å². The summed E-state index contributed by atoms with van der Waals surface area (Å²) in [6.07, 6.45) is -0.458. The van der Waals surface area contributed by atoms with Crippen molar-refractivity contribution in [2.24, 2.45) is 0 Å². The van der Waals surface area contributed by atoms with Gasteiger partial charge < -0.3 is 9.47 Å². The van der Waals surface area contributed by atoms with Gasteiger partial charge in [-0.3, -0.25) is 4.79 Å². The highest BCUT2D eigenvalue weighted by Crippen LogP contribution is 2.04. The van der Waals surface area contributed by atoms with Crippen molar-refractivity contribution in [2.75, 3.05) is 6.61 Å². The van der Waals surface area contributed by atoms with Crippen LogP contribution in [-0.4, -0.2) is 29.5 Å². The van der Waals surface area contributed by atoms with Crippen LogP contribution in [0.15, 0.2) is 12.2 Å². The molecule has 0 saturated carbocycles. The predicted molar refractivity (Wildman–Crippen MR) is 59.7 cm³/mol. The van der Waals surface area contributed by atoms with Crippen LogP contribution in [0.1, 0.15) is 20.8 Å². The Morgan fingerprint density at radius 3 is 2.33 bits per heavy atom. The molecule has 0 aromatic carbocycles. The lowest BCUT2D eigenvalue weighted by Gasteiger charge is -2.14. The third-order valence-electron chi connectivity index (χ3n) is 1.44. The maximum Gasteiger partial charge on any atom is 0.333 e. The predicted octanol–water partition coefficient (Wildman–Crippen LogP) is 1.82. The van der Waals surface area contributed by atoms with Crippen LogP contribution < -0.4 is 0 Å². The molecule has 15 heavy (non-hydrogen) atoms. The third kappa shape index (κ3) is 6.28. The molecule has 86 valence electrons. The number of rotatable bonds is 5. The van der Waals surface area contributed by atoms with Gasteiger partial charge in [-0.05, 0) is 20.8 Å². The summed E-state index contributed by atoms with van der Waals surface area (Å²) in [5.41, 5.74) is 0.322. The highest BCUT2D eigenvalue weighted by atomic mass is 79.9. The highest BCUT2D eigenvalue weighted by molar-refractivity contribution is 9.10. The van der Waals surface area contributed by atoms with Gasteiger partial charge in [0.2, 0.25) is 0 Å². The molecule has 2 atom stereocenters. The summed E-state index contributed by atoms with van der Waals surface area (Å²) in [7, 11) is 0. The number of halogens is 1. The zero-order valence-electron chi connectivity index (χ0n) is 9.08. The molecule has 2 unspecified atom stereocenters. The lowest BCUT2D eigenvalue weighted by Crippen LogP contribution is -2.25. The van der Waals surface area contributed by atoms with Crippen LogP contribution in [0.2, 0.25) is 0 Å². The van der Waals surface area contributed by atoms with Crippen molar-refractivity contribution in [2.45, 2.75) is 31.7 Å². The van der Waals surface area contributed by atoms with Gasteiger partial charge in [-0.2, -0.15) is 0 Å². The summed E-state index contributed by atoms with van der Waals surface area (Å²) in [4.78, 5) is 21.7. The number of hydrogen-bond acceptors (Lipinski definition) is 4. The third-order valence-corrected chi connectivity index (χ3v) is 1.81. The smallest absolute Gasteiger partial charge is 0.333 e. The monoisotopic (exact) mass is 278 g/mol. The van der Waals surface area contributed by atoms with E-state index < -0.39 is 12.1 Å². The summed E-state index contributed by atoms with van der Waals surface area (Å²) < 4.78 is 9.76. The molecule has 0 amide bonds. The van der Waals surface area contributed by atoms with Crippen LogP contribution in [0.5, 0.6) is 0 Å². The quantitative estimate of drug-likeness (QED) is 0.437. The number of ether oxygens (including phenoxy) is 2. The Bertz CT molecular complexity index is 260. The zero-order chi connectivity index (χ0) is 12.0. The molecular weight excluding hydrogens is 264 g/mol. The summed E-state index contributed by atoms with van der Waals surface area (Å²) >= 11 is 3.08. The average Bonchev–Trinajstić information content (AvgIpc) is 2.13. The summed E-state index contributed by atoms with van der Waals surface area (Å²) in [6, 6.07) is 0. The number of esters is 2. The van der Waals surface area contributed by atoms with Crippen LogP contribution in [-0.2, 0) is 19.1 Å². The molecule has 4 nitrogen and oxygen atoms in total. The zero-order valence-corrected chi connectivity index (χ0v) is 10.7. The van der Waals surface area contributed by atoms with E-state index in [9.17, 15) is 9.59 Å². The van der Waals surface area contributed by atoms with Crippen LogP contribution in [0, 0.1) is 0 Å². The molecule has 0 fully saturated rings. The normalized spacial score (nSPS) is 13.9. The second-order valence-electron chi connectivity index (χ2n) is 3.24. The molecule has 0 bridgehead atoms. The molecule has 0 saturated heterocycles. The van der Waals surface area contributed by atoms with Crippen molar-refractivity contribution >= 4 is 27.9 Å². The van der Waals surface area contributed by atoms with Crippen molar-refractivity contribution in [1.82, 2.24) is 0 Å². The summed E-state index contributed by atoms with van der Waals surface area (Å²) in [5.74, 6) is -0.862. The second kappa shape index (κ2) is 6.61. The maximum absolute atomic E-state index is 11.1. The first kappa shape index (κ1) is 14.2. The fourth-order valence-electron chi connectivity index (χ4n) is 0.642. The van der Waals surface area contributed by atoms with Crippen LogP contribution in [0.3, 0.4) is 0 Å². The molecule has 0 aliphatic carbocycles. The first-order valence-electron chi connectivity index (χ1n) is 4.51. The number of alkyl halides is 1. The largest absolute Gasteiger partial charge is 0.458 e. The molecule has 0 rings (SSSR count). The van der Waals surface area contributed by atoms with Gasteiger partial charge in [0.25, 0.3) is 0 Å². The van der Waals surface area contributed by atoms with Crippen LogP contribution in [0.25, 0.3) is 0 Å². The van der Waals surface area contributed by atoms with Gasteiger partial charge in [0.1, 0.15) is 17.5 Å². The lowest BCUT2D eigenvalue weighted by atomic mass is 10.3. The van der Waals surface area contributed by atoms with Crippen molar-refractivity contribution in [3.63, 3.8) is 0 Å². The van der Waals surface area contributed by atoms with Gasteiger partial charge in [0, 0.05) is 5.57 Å². The van der Waals surface area contributed by atoms with Crippen LogP contribution >= 0.6 is 15.9 Å². The Labute approximate surface area is 97.8 Å². The summed E-state index contributed by atoms with van der Waals surface area (Å²) in [5, 5.41) is 0. The average molecular weight is 279 g/mol. The molecule has 0 aliphatic rings. The maximum atomic E-state index is 11.1. The summed E-state index contributed by atoms with van der Waals surface area (Å²) in [6.45, 7) is 8.34. The molecule has 0 aliphatic heterocycles. The Morgan fingerprint density at radius 2 is 1.93 bits per heavy atom. The first-order chi connectivity index (χ1) is 6.84. The fraction of sp³-hybridized carbons (Fsp3) is 0.600. The topological polar surface area (TPSA) is 52.6 Å². The molecule has 0 N–H and O–H groups in total. The Hall–Kier alpha value is -0.840. The Kier molecular flexibility index (Phi) is 6.24. The van der Waals surface area contributed by atoms with E-state index in [-0.39, 0.29) is 17.4 Å². The molecule has 0 spiro atoms. The Balaban J connectivity index is 3.85. The standard InChI is InChI=1S/C10H15BrO4/c1-6(2)9(12)14-5-7(3)15-10(13)8(4)11/h7-8H,1,5H2,2-4H3. The van der Waals surface area contributed by atoms with Crippen molar-refractivity contribution in [1.29, 1.82) is 0 Å². The fourth-order valence-corrected chi connectivity index (χ4v) is 0.750. The van der Waals surface area contributed by atoms with E-state index >= 15 is 0 Å². The van der Waals surface area contributed by atoms with Gasteiger partial charge in [-0.25, -0.2) is 4.79 Å². The van der Waals surface area contributed by atoms with Gasteiger partial charge in [0.15, 0.2) is 0 Å².